The third-order valence-electron chi connectivity index (χ3n) is 5.06. The number of benzene rings is 1. The highest BCUT2D eigenvalue weighted by Crippen LogP contribution is 2.36. The number of fused-ring (bicyclic) bond motifs is 1. The van der Waals surface area contributed by atoms with E-state index < -0.39 is 15.8 Å². The number of hydrogen-bond donors (Lipinski definition) is 0. The number of halogens is 1. The molecule has 0 radical (unpaired) electrons. The molecule has 2 aliphatic rings. The van der Waals surface area contributed by atoms with Crippen molar-refractivity contribution in [2.45, 2.75) is 56.0 Å². The average molecular weight is 364 g/mol. The molecule has 1 unspecified atom stereocenters. The van der Waals surface area contributed by atoms with Crippen LogP contribution in [0.25, 0.3) is 0 Å². The predicted molar refractivity (Wildman–Crippen MR) is 89.8 cm³/mol. The molecule has 8 heteroatoms. The van der Waals surface area contributed by atoms with Gasteiger partial charge in [-0.15, -0.1) is 10.2 Å². The van der Waals surface area contributed by atoms with Gasteiger partial charge >= 0.3 is 0 Å². The molecule has 134 valence electrons. The maximum absolute atomic E-state index is 13.1. The number of hydrogen-bond acceptors (Lipinski definition) is 4. The van der Waals surface area contributed by atoms with Crippen LogP contribution in [0.4, 0.5) is 4.39 Å². The second-order valence-corrected chi connectivity index (χ2v) is 8.55. The molecule has 0 spiro atoms. The Balaban J connectivity index is 1.69. The van der Waals surface area contributed by atoms with Crippen molar-refractivity contribution in [1.82, 2.24) is 19.1 Å². The zero-order chi connectivity index (χ0) is 17.4. The minimum absolute atomic E-state index is 0.122. The lowest BCUT2D eigenvalue weighted by Gasteiger charge is -2.24. The lowest BCUT2D eigenvalue weighted by Crippen LogP contribution is -2.32. The van der Waals surface area contributed by atoms with Crippen LogP contribution in [0, 0.1) is 5.82 Å². The van der Waals surface area contributed by atoms with E-state index in [1.807, 2.05) is 0 Å². The lowest BCUT2D eigenvalue weighted by atomic mass is 10.2. The minimum Gasteiger partial charge on any atom is -0.314 e. The molecule has 0 aliphatic carbocycles. The van der Waals surface area contributed by atoms with Gasteiger partial charge in [-0.25, -0.2) is 12.8 Å². The molecule has 2 aliphatic heterocycles. The van der Waals surface area contributed by atoms with Gasteiger partial charge in [0.25, 0.3) is 0 Å². The highest BCUT2D eigenvalue weighted by molar-refractivity contribution is 7.89. The Bertz CT molecular complexity index is 863. The normalized spacial score (nSPS) is 21.9. The molecular weight excluding hydrogens is 343 g/mol. The zero-order valence-electron chi connectivity index (χ0n) is 13.9. The molecule has 1 aromatic carbocycles. The van der Waals surface area contributed by atoms with Crippen molar-refractivity contribution in [1.29, 1.82) is 0 Å². The van der Waals surface area contributed by atoms with Gasteiger partial charge in [0.15, 0.2) is 5.82 Å². The zero-order valence-corrected chi connectivity index (χ0v) is 14.8. The first-order chi connectivity index (χ1) is 12.1. The Hall–Kier alpha value is -1.80. The highest BCUT2D eigenvalue weighted by Gasteiger charge is 2.39. The first-order valence-electron chi connectivity index (χ1n) is 8.77. The summed E-state index contributed by atoms with van der Waals surface area (Å²) in [4.78, 5) is 0.122. The monoisotopic (exact) mass is 364 g/mol. The van der Waals surface area contributed by atoms with Gasteiger partial charge in [0, 0.05) is 19.5 Å². The van der Waals surface area contributed by atoms with Crippen LogP contribution in [0.15, 0.2) is 29.2 Å². The van der Waals surface area contributed by atoms with E-state index in [0.717, 1.165) is 56.7 Å². The average Bonchev–Trinajstić information content (AvgIpc) is 3.17. The second kappa shape index (κ2) is 6.49. The lowest BCUT2D eigenvalue weighted by molar-refractivity contribution is 0.370. The first kappa shape index (κ1) is 16.7. The molecule has 6 nitrogen and oxygen atoms in total. The molecule has 4 rings (SSSR count). The molecule has 25 heavy (non-hydrogen) atoms. The summed E-state index contributed by atoms with van der Waals surface area (Å²) in [6, 6.07) is 4.71. The number of aromatic nitrogens is 3. The Morgan fingerprint density at radius 3 is 2.60 bits per heavy atom. The minimum atomic E-state index is -3.68. The first-order valence-corrected chi connectivity index (χ1v) is 10.2. The van der Waals surface area contributed by atoms with E-state index in [0.29, 0.717) is 6.54 Å². The van der Waals surface area contributed by atoms with Crippen LogP contribution in [-0.4, -0.2) is 34.0 Å². The van der Waals surface area contributed by atoms with Gasteiger partial charge in [0.1, 0.15) is 11.6 Å². The van der Waals surface area contributed by atoms with Crippen molar-refractivity contribution >= 4 is 10.0 Å². The predicted octanol–water partition coefficient (Wildman–Crippen LogP) is 2.67. The number of aryl methyl sites for hydroxylation is 1. The van der Waals surface area contributed by atoms with Crippen LogP contribution in [0.5, 0.6) is 0 Å². The highest BCUT2D eigenvalue weighted by atomic mass is 32.2. The van der Waals surface area contributed by atoms with Crippen LogP contribution >= 0.6 is 0 Å². The van der Waals surface area contributed by atoms with Crippen LogP contribution in [0.1, 0.15) is 49.8 Å². The molecule has 3 heterocycles. The van der Waals surface area contributed by atoms with Crippen LogP contribution in [0.2, 0.25) is 0 Å². The summed E-state index contributed by atoms with van der Waals surface area (Å²) in [5.74, 6) is 1.26. The summed E-state index contributed by atoms with van der Waals surface area (Å²) in [7, 11) is -3.68. The molecule has 1 fully saturated rings. The van der Waals surface area contributed by atoms with E-state index in [4.69, 9.17) is 0 Å². The Morgan fingerprint density at radius 1 is 1.00 bits per heavy atom. The Labute approximate surface area is 146 Å². The SMILES string of the molecule is O=S(=O)(c1ccc(F)cc1)N1CCCC1c1nnc2n1CCCCC2. The third-order valence-corrected chi connectivity index (χ3v) is 6.98. The summed E-state index contributed by atoms with van der Waals surface area (Å²) in [5, 5.41) is 8.64. The van der Waals surface area contributed by atoms with E-state index >= 15 is 0 Å². The molecule has 0 saturated carbocycles. The fraction of sp³-hybridized carbons (Fsp3) is 0.529. The van der Waals surface area contributed by atoms with Crippen molar-refractivity contribution in [3.8, 4) is 0 Å². The Morgan fingerprint density at radius 2 is 1.80 bits per heavy atom. The van der Waals surface area contributed by atoms with E-state index in [1.165, 1.54) is 28.6 Å². The van der Waals surface area contributed by atoms with Gasteiger partial charge in [-0.05, 0) is 49.9 Å². The standard InChI is InChI=1S/C17H21FN4O2S/c18-13-7-9-14(10-8-13)25(23,24)22-12-4-5-15(22)17-20-19-16-6-2-1-3-11-21(16)17/h7-10,15H,1-6,11-12H2. The maximum Gasteiger partial charge on any atom is 0.243 e. The van der Waals surface area contributed by atoms with Gasteiger partial charge in [-0.1, -0.05) is 6.42 Å². The molecule has 1 aromatic heterocycles. The molecule has 1 saturated heterocycles. The Kier molecular flexibility index (Phi) is 4.33. The smallest absolute Gasteiger partial charge is 0.243 e. The van der Waals surface area contributed by atoms with Crippen LogP contribution in [-0.2, 0) is 23.0 Å². The molecule has 2 aromatic rings. The topological polar surface area (TPSA) is 68.1 Å². The third kappa shape index (κ3) is 2.97. The van der Waals surface area contributed by atoms with Crippen molar-refractivity contribution in [3.63, 3.8) is 0 Å². The van der Waals surface area contributed by atoms with E-state index in [1.54, 1.807) is 0 Å². The van der Waals surface area contributed by atoms with Gasteiger partial charge in [0.2, 0.25) is 10.0 Å². The van der Waals surface area contributed by atoms with Gasteiger partial charge in [-0.2, -0.15) is 4.31 Å². The second-order valence-electron chi connectivity index (χ2n) is 6.66. The fourth-order valence-electron chi connectivity index (χ4n) is 3.78. The summed E-state index contributed by atoms with van der Waals surface area (Å²) >= 11 is 0. The molecular formula is C17H21FN4O2S. The van der Waals surface area contributed by atoms with Crippen LogP contribution in [0.3, 0.4) is 0 Å². The quantitative estimate of drug-likeness (QED) is 0.840. The fourth-order valence-corrected chi connectivity index (χ4v) is 5.44. The largest absolute Gasteiger partial charge is 0.314 e. The van der Waals surface area contributed by atoms with Crippen molar-refractivity contribution in [3.05, 3.63) is 41.7 Å². The number of nitrogens with zero attached hydrogens (tertiary/aromatic N) is 4. The van der Waals surface area contributed by atoms with Crippen molar-refractivity contribution in [2.75, 3.05) is 6.54 Å². The molecule has 0 N–H and O–H groups in total. The number of sulfonamides is 1. The van der Waals surface area contributed by atoms with Crippen molar-refractivity contribution < 1.29 is 12.8 Å². The maximum atomic E-state index is 13.1. The summed E-state index contributed by atoms with van der Waals surface area (Å²) in [6.07, 6.45) is 5.73. The van der Waals surface area contributed by atoms with Gasteiger partial charge in [0.05, 0.1) is 10.9 Å². The van der Waals surface area contributed by atoms with Gasteiger partial charge < -0.3 is 4.57 Å². The van der Waals surface area contributed by atoms with E-state index in [9.17, 15) is 12.8 Å². The van der Waals surface area contributed by atoms with Crippen molar-refractivity contribution in [2.24, 2.45) is 0 Å². The molecule has 0 bridgehead atoms. The molecule has 0 amide bonds. The summed E-state index contributed by atoms with van der Waals surface area (Å²) in [6.45, 7) is 1.30. The summed E-state index contributed by atoms with van der Waals surface area (Å²) in [5.41, 5.74) is 0. The number of rotatable bonds is 3. The van der Waals surface area contributed by atoms with Gasteiger partial charge in [-0.3, -0.25) is 0 Å². The molecule has 1 atom stereocenters. The van der Waals surface area contributed by atoms with E-state index in [-0.39, 0.29) is 10.9 Å². The van der Waals surface area contributed by atoms with E-state index in [2.05, 4.69) is 14.8 Å². The van der Waals surface area contributed by atoms with Crippen LogP contribution < -0.4 is 0 Å². The summed E-state index contributed by atoms with van der Waals surface area (Å²) < 4.78 is 42.8.